The van der Waals surface area contributed by atoms with E-state index >= 15 is 0 Å². The molecule has 1 amide bonds. The van der Waals surface area contributed by atoms with Gasteiger partial charge < -0.3 is 10.1 Å². The predicted octanol–water partition coefficient (Wildman–Crippen LogP) is 4.19. The van der Waals surface area contributed by atoms with Crippen molar-refractivity contribution in [3.8, 4) is 0 Å². The molecule has 1 saturated heterocycles. The first-order chi connectivity index (χ1) is 13.1. The van der Waals surface area contributed by atoms with E-state index in [9.17, 15) is 9.18 Å². The maximum Gasteiger partial charge on any atom is 0.220 e. The number of hydrogen-bond acceptors (Lipinski definition) is 2. The van der Waals surface area contributed by atoms with Crippen molar-refractivity contribution in [1.29, 1.82) is 0 Å². The van der Waals surface area contributed by atoms with Crippen molar-refractivity contribution in [3.63, 3.8) is 0 Å². The Morgan fingerprint density at radius 2 is 1.67 bits per heavy atom. The standard InChI is InChI=1S/C23H28FNO2/c1-2-18-3-5-19(6-4-18)7-12-22(26)25-17-23(13-15-27-16-14-23)20-8-10-21(24)11-9-20/h3-6,8-11H,2,7,12-17H2,1H3,(H,25,26). The first-order valence-electron chi connectivity index (χ1n) is 9.80. The molecule has 4 heteroatoms. The summed E-state index contributed by atoms with van der Waals surface area (Å²) in [5.41, 5.74) is 3.39. The van der Waals surface area contributed by atoms with Gasteiger partial charge in [0.15, 0.2) is 0 Å². The van der Waals surface area contributed by atoms with Crippen molar-refractivity contribution in [2.24, 2.45) is 0 Å². The first kappa shape index (κ1) is 19.6. The lowest BCUT2D eigenvalue weighted by Crippen LogP contribution is -2.44. The van der Waals surface area contributed by atoms with Crippen LogP contribution < -0.4 is 5.32 Å². The molecule has 0 saturated carbocycles. The third-order valence-corrected chi connectivity index (χ3v) is 5.60. The highest BCUT2D eigenvalue weighted by molar-refractivity contribution is 5.76. The van der Waals surface area contributed by atoms with Crippen LogP contribution in [0.5, 0.6) is 0 Å². The lowest BCUT2D eigenvalue weighted by Gasteiger charge is -2.38. The third-order valence-electron chi connectivity index (χ3n) is 5.60. The molecule has 1 fully saturated rings. The van der Waals surface area contributed by atoms with Gasteiger partial charge >= 0.3 is 0 Å². The summed E-state index contributed by atoms with van der Waals surface area (Å²) < 4.78 is 18.8. The highest BCUT2D eigenvalue weighted by Gasteiger charge is 2.34. The average Bonchev–Trinajstić information content (AvgIpc) is 2.72. The van der Waals surface area contributed by atoms with Crippen LogP contribution in [0.4, 0.5) is 4.39 Å². The fraction of sp³-hybridized carbons (Fsp3) is 0.435. The van der Waals surface area contributed by atoms with E-state index in [0.717, 1.165) is 31.2 Å². The summed E-state index contributed by atoms with van der Waals surface area (Å²) in [5.74, 6) is -0.179. The zero-order valence-electron chi connectivity index (χ0n) is 16.0. The third kappa shape index (κ3) is 5.16. The normalized spacial score (nSPS) is 16.1. The average molecular weight is 369 g/mol. The van der Waals surface area contributed by atoms with E-state index in [1.807, 2.05) is 12.1 Å². The highest BCUT2D eigenvalue weighted by Crippen LogP contribution is 2.34. The second kappa shape index (κ2) is 9.14. The van der Waals surface area contributed by atoms with Crippen molar-refractivity contribution in [3.05, 3.63) is 71.0 Å². The van der Waals surface area contributed by atoms with Gasteiger partial charge in [-0.25, -0.2) is 4.39 Å². The molecule has 3 nitrogen and oxygen atoms in total. The minimum Gasteiger partial charge on any atom is -0.381 e. The van der Waals surface area contributed by atoms with Crippen LogP contribution in [0.15, 0.2) is 48.5 Å². The Bertz CT molecular complexity index is 734. The predicted molar refractivity (Wildman–Crippen MR) is 105 cm³/mol. The molecule has 0 aliphatic carbocycles. The lowest BCUT2D eigenvalue weighted by molar-refractivity contribution is -0.121. The molecule has 1 N–H and O–H groups in total. The van der Waals surface area contributed by atoms with Crippen molar-refractivity contribution in [2.45, 2.75) is 44.4 Å². The second-order valence-corrected chi connectivity index (χ2v) is 7.35. The quantitative estimate of drug-likeness (QED) is 0.795. The molecule has 27 heavy (non-hydrogen) atoms. The van der Waals surface area contributed by atoms with Gasteiger partial charge in [0.05, 0.1) is 0 Å². The smallest absolute Gasteiger partial charge is 0.220 e. The molecule has 2 aromatic carbocycles. The van der Waals surface area contributed by atoms with Gasteiger partial charge in [-0.3, -0.25) is 4.79 Å². The summed E-state index contributed by atoms with van der Waals surface area (Å²) in [6.45, 7) is 4.03. The largest absolute Gasteiger partial charge is 0.381 e. The number of rotatable bonds is 7. The lowest BCUT2D eigenvalue weighted by atomic mass is 9.74. The van der Waals surface area contributed by atoms with Crippen LogP contribution in [0.25, 0.3) is 0 Å². The van der Waals surface area contributed by atoms with Crippen LogP contribution in [0.3, 0.4) is 0 Å². The fourth-order valence-electron chi connectivity index (χ4n) is 3.69. The van der Waals surface area contributed by atoms with Crippen LogP contribution >= 0.6 is 0 Å². The Hall–Kier alpha value is -2.20. The van der Waals surface area contributed by atoms with Crippen molar-refractivity contribution < 1.29 is 13.9 Å². The van der Waals surface area contributed by atoms with Crippen LogP contribution in [0, 0.1) is 5.82 Å². The van der Waals surface area contributed by atoms with Gasteiger partial charge in [-0.1, -0.05) is 43.3 Å². The number of hydrogen-bond donors (Lipinski definition) is 1. The van der Waals surface area contributed by atoms with Crippen LogP contribution in [0.2, 0.25) is 0 Å². The van der Waals surface area contributed by atoms with Gasteiger partial charge in [0.25, 0.3) is 0 Å². The van der Waals surface area contributed by atoms with E-state index in [1.54, 1.807) is 0 Å². The zero-order valence-corrected chi connectivity index (χ0v) is 16.0. The molecule has 2 aromatic rings. The van der Waals surface area contributed by atoms with Gasteiger partial charge in [-0.05, 0) is 54.5 Å². The number of amides is 1. The van der Waals surface area contributed by atoms with E-state index in [4.69, 9.17) is 4.74 Å². The number of carbonyl (C=O) groups is 1. The summed E-state index contributed by atoms with van der Waals surface area (Å²) in [4.78, 5) is 12.4. The van der Waals surface area contributed by atoms with Crippen molar-refractivity contribution in [2.75, 3.05) is 19.8 Å². The maximum atomic E-state index is 13.3. The fourth-order valence-corrected chi connectivity index (χ4v) is 3.69. The number of aryl methyl sites for hydroxylation is 2. The van der Waals surface area contributed by atoms with E-state index in [2.05, 4.69) is 36.5 Å². The highest BCUT2D eigenvalue weighted by atomic mass is 19.1. The van der Waals surface area contributed by atoms with Crippen LogP contribution in [0.1, 0.15) is 42.9 Å². The Balaban J connectivity index is 1.57. The molecule has 0 spiro atoms. The van der Waals surface area contributed by atoms with E-state index < -0.39 is 0 Å². The number of carbonyl (C=O) groups excluding carboxylic acids is 1. The van der Waals surface area contributed by atoms with Gasteiger partial charge in [0, 0.05) is 31.6 Å². The maximum absolute atomic E-state index is 13.3. The Kier molecular flexibility index (Phi) is 6.62. The SMILES string of the molecule is CCc1ccc(CCC(=O)NCC2(c3ccc(F)cc3)CCOCC2)cc1. The summed E-state index contributed by atoms with van der Waals surface area (Å²) in [6, 6.07) is 15.1. The molecule has 1 aliphatic heterocycles. The van der Waals surface area contributed by atoms with Gasteiger partial charge in [-0.2, -0.15) is 0 Å². The Labute approximate surface area is 160 Å². The second-order valence-electron chi connectivity index (χ2n) is 7.35. The molecule has 0 radical (unpaired) electrons. The van der Waals surface area contributed by atoms with Gasteiger partial charge in [-0.15, -0.1) is 0 Å². The van der Waals surface area contributed by atoms with Gasteiger partial charge in [0.2, 0.25) is 5.91 Å². The van der Waals surface area contributed by atoms with E-state index in [0.29, 0.717) is 26.2 Å². The minimum atomic E-state index is -0.237. The molecule has 0 atom stereocenters. The number of halogens is 1. The summed E-state index contributed by atoms with van der Waals surface area (Å²) in [5, 5.41) is 3.11. The molecular weight excluding hydrogens is 341 g/mol. The number of ether oxygens (including phenoxy) is 1. The van der Waals surface area contributed by atoms with Crippen molar-refractivity contribution >= 4 is 5.91 Å². The number of nitrogens with one attached hydrogen (secondary N) is 1. The number of benzene rings is 2. The molecule has 3 rings (SSSR count). The molecule has 0 bridgehead atoms. The Morgan fingerprint density at radius 1 is 1.04 bits per heavy atom. The summed E-state index contributed by atoms with van der Waals surface area (Å²) in [6.07, 6.45) is 3.90. The topological polar surface area (TPSA) is 38.3 Å². The van der Waals surface area contributed by atoms with Crippen molar-refractivity contribution in [1.82, 2.24) is 5.32 Å². The first-order valence-corrected chi connectivity index (χ1v) is 9.80. The van der Waals surface area contributed by atoms with Crippen LogP contribution in [-0.4, -0.2) is 25.7 Å². The van der Waals surface area contributed by atoms with E-state index in [1.165, 1.54) is 23.3 Å². The molecule has 0 aromatic heterocycles. The minimum absolute atomic E-state index is 0.0579. The molecule has 0 unspecified atom stereocenters. The Morgan fingerprint density at radius 3 is 2.30 bits per heavy atom. The van der Waals surface area contributed by atoms with E-state index in [-0.39, 0.29) is 17.1 Å². The molecule has 144 valence electrons. The molecule has 1 aliphatic rings. The summed E-state index contributed by atoms with van der Waals surface area (Å²) >= 11 is 0. The zero-order chi connectivity index (χ0) is 19.1. The van der Waals surface area contributed by atoms with Gasteiger partial charge in [0.1, 0.15) is 5.82 Å². The monoisotopic (exact) mass is 369 g/mol. The van der Waals surface area contributed by atoms with Crippen LogP contribution in [-0.2, 0) is 27.8 Å². The molecular formula is C23H28FNO2. The molecule has 1 heterocycles. The summed E-state index contributed by atoms with van der Waals surface area (Å²) in [7, 11) is 0.